The van der Waals surface area contributed by atoms with E-state index in [2.05, 4.69) is 24.5 Å². The number of likely N-dealkylation sites (tertiary alicyclic amines) is 1. The summed E-state index contributed by atoms with van der Waals surface area (Å²) in [6.45, 7) is 10.6. The van der Waals surface area contributed by atoms with Gasteiger partial charge in [0.1, 0.15) is 17.7 Å². The maximum absolute atomic E-state index is 13.3. The van der Waals surface area contributed by atoms with Gasteiger partial charge in [0, 0.05) is 19.0 Å². The average molecular weight is 438 g/mol. The van der Waals surface area contributed by atoms with Crippen LogP contribution in [0.25, 0.3) is 0 Å². The number of carbonyl (C=O) groups is 4. The van der Waals surface area contributed by atoms with Crippen molar-refractivity contribution < 1.29 is 28.7 Å². The molecule has 1 aliphatic carbocycles. The van der Waals surface area contributed by atoms with Crippen molar-refractivity contribution in [2.24, 2.45) is 23.2 Å². The molecule has 5 atom stereocenters. The molecular weight excluding hydrogens is 402 g/mol. The van der Waals surface area contributed by atoms with Crippen LogP contribution in [0.15, 0.2) is 0 Å². The molecule has 0 aromatic heterocycles. The number of carbonyl (C=O) groups excluding carboxylic acids is 4. The summed E-state index contributed by atoms with van der Waals surface area (Å²) in [6.07, 6.45) is 1.11. The minimum absolute atomic E-state index is 0.00343. The van der Waals surface area contributed by atoms with Crippen LogP contribution >= 0.6 is 0 Å². The van der Waals surface area contributed by atoms with Crippen LogP contribution in [0.3, 0.4) is 0 Å². The van der Waals surface area contributed by atoms with E-state index < -0.39 is 35.7 Å². The maximum Gasteiger partial charge on any atom is 0.410 e. The van der Waals surface area contributed by atoms with E-state index in [0.29, 0.717) is 19.5 Å². The molecule has 2 aliphatic heterocycles. The highest BCUT2D eigenvalue weighted by molar-refractivity contribution is 5.91. The minimum atomic E-state index is -0.951. The standard InChI is InChI=1S/C22H35N3O6/c1-21(2,3)31-20(29)25-11-13-15(22(13,4)5)16(25)18(27)24-14(19(28)30-6)10-12-8-7-9-23-17(12)26/h12-16H,7-11H2,1-6H3,(H,23,26)(H,24,27)/t12-,13-,14-,15-,16-/m0/s1. The molecule has 3 fully saturated rings. The fraction of sp³-hybridized carbons (Fsp3) is 0.818. The molecule has 0 bridgehead atoms. The molecule has 174 valence electrons. The van der Waals surface area contributed by atoms with Crippen LogP contribution in [0, 0.1) is 23.2 Å². The smallest absolute Gasteiger partial charge is 0.410 e. The Labute approximate surface area is 183 Å². The summed E-state index contributed by atoms with van der Waals surface area (Å²) in [5.74, 6) is -1.29. The third-order valence-electron chi connectivity index (χ3n) is 6.83. The molecule has 2 N–H and O–H groups in total. The van der Waals surface area contributed by atoms with Crippen molar-refractivity contribution in [3.8, 4) is 0 Å². The normalized spacial score (nSPS) is 30.0. The van der Waals surface area contributed by atoms with Crippen LogP contribution in [0.2, 0.25) is 0 Å². The largest absolute Gasteiger partial charge is 0.467 e. The molecule has 0 unspecified atom stereocenters. The number of hydrogen-bond acceptors (Lipinski definition) is 6. The van der Waals surface area contributed by atoms with Crippen LogP contribution in [0.5, 0.6) is 0 Å². The van der Waals surface area contributed by atoms with Gasteiger partial charge in [0.25, 0.3) is 0 Å². The lowest BCUT2D eigenvalue weighted by Gasteiger charge is -2.33. The molecule has 31 heavy (non-hydrogen) atoms. The first-order valence-corrected chi connectivity index (χ1v) is 11.0. The summed E-state index contributed by atoms with van der Waals surface area (Å²) in [6, 6.07) is -1.67. The molecule has 3 amide bonds. The van der Waals surface area contributed by atoms with Crippen LogP contribution < -0.4 is 10.6 Å². The molecule has 0 aromatic carbocycles. The Morgan fingerprint density at radius 1 is 1.29 bits per heavy atom. The second kappa shape index (κ2) is 8.31. The molecule has 2 heterocycles. The van der Waals surface area contributed by atoms with Crippen molar-refractivity contribution in [3.05, 3.63) is 0 Å². The highest BCUT2D eigenvalue weighted by atomic mass is 16.6. The van der Waals surface area contributed by atoms with E-state index in [1.54, 1.807) is 20.8 Å². The number of nitrogens with zero attached hydrogens (tertiary/aromatic N) is 1. The summed E-state index contributed by atoms with van der Waals surface area (Å²) in [5.41, 5.74) is -0.742. The number of ether oxygens (including phenoxy) is 2. The highest BCUT2D eigenvalue weighted by Gasteiger charge is 2.69. The van der Waals surface area contributed by atoms with Gasteiger partial charge in [-0.15, -0.1) is 0 Å². The quantitative estimate of drug-likeness (QED) is 0.630. The zero-order chi connectivity index (χ0) is 23.1. The molecule has 0 radical (unpaired) electrons. The van der Waals surface area contributed by atoms with Gasteiger partial charge in [-0.25, -0.2) is 9.59 Å². The molecule has 3 aliphatic rings. The topological polar surface area (TPSA) is 114 Å². The van der Waals surface area contributed by atoms with Gasteiger partial charge in [-0.3, -0.25) is 14.5 Å². The molecule has 3 rings (SSSR count). The molecule has 9 heteroatoms. The summed E-state index contributed by atoms with van der Waals surface area (Å²) < 4.78 is 10.4. The zero-order valence-electron chi connectivity index (χ0n) is 19.3. The lowest BCUT2D eigenvalue weighted by molar-refractivity contribution is -0.146. The second-order valence-electron chi connectivity index (χ2n) is 10.5. The summed E-state index contributed by atoms with van der Waals surface area (Å²) in [4.78, 5) is 52.1. The van der Waals surface area contributed by atoms with E-state index in [9.17, 15) is 19.2 Å². The zero-order valence-corrected chi connectivity index (χ0v) is 19.3. The van der Waals surface area contributed by atoms with E-state index in [1.165, 1.54) is 12.0 Å². The highest BCUT2D eigenvalue weighted by Crippen LogP contribution is 2.65. The summed E-state index contributed by atoms with van der Waals surface area (Å²) in [7, 11) is 1.25. The van der Waals surface area contributed by atoms with E-state index >= 15 is 0 Å². The first-order chi connectivity index (χ1) is 14.4. The van der Waals surface area contributed by atoms with E-state index in [-0.39, 0.29) is 35.5 Å². The summed E-state index contributed by atoms with van der Waals surface area (Å²) >= 11 is 0. The number of nitrogens with one attached hydrogen (secondary N) is 2. The Kier molecular flexibility index (Phi) is 6.26. The number of hydrogen-bond donors (Lipinski definition) is 2. The fourth-order valence-electron chi connectivity index (χ4n) is 5.05. The Morgan fingerprint density at radius 3 is 2.55 bits per heavy atom. The number of methoxy groups -OCH3 is 1. The predicted molar refractivity (Wildman–Crippen MR) is 112 cm³/mol. The molecule has 0 aromatic rings. The van der Waals surface area contributed by atoms with E-state index in [0.717, 1.165) is 6.42 Å². The van der Waals surface area contributed by atoms with Crippen LogP contribution in [0.1, 0.15) is 53.9 Å². The van der Waals surface area contributed by atoms with Gasteiger partial charge in [-0.05, 0) is 57.3 Å². The average Bonchev–Trinajstić information content (AvgIpc) is 3.03. The fourth-order valence-corrected chi connectivity index (χ4v) is 5.05. The lowest BCUT2D eigenvalue weighted by Crippen LogP contribution is -2.55. The van der Waals surface area contributed by atoms with Gasteiger partial charge in [0.15, 0.2) is 0 Å². The van der Waals surface area contributed by atoms with Crippen LogP contribution in [0.4, 0.5) is 4.79 Å². The van der Waals surface area contributed by atoms with Crippen molar-refractivity contribution in [2.45, 2.75) is 71.6 Å². The summed E-state index contributed by atoms with van der Waals surface area (Å²) in [5, 5.41) is 5.57. The Morgan fingerprint density at radius 2 is 1.97 bits per heavy atom. The first-order valence-electron chi connectivity index (χ1n) is 11.0. The van der Waals surface area contributed by atoms with Crippen molar-refractivity contribution >= 4 is 23.9 Å². The lowest BCUT2D eigenvalue weighted by atomic mass is 9.91. The van der Waals surface area contributed by atoms with Gasteiger partial charge >= 0.3 is 12.1 Å². The monoisotopic (exact) mass is 437 g/mol. The molecule has 2 saturated heterocycles. The molecular formula is C22H35N3O6. The van der Waals surface area contributed by atoms with Gasteiger partial charge in [-0.1, -0.05) is 13.8 Å². The number of fused-ring (bicyclic) bond motifs is 1. The van der Waals surface area contributed by atoms with Gasteiger partial charge < -0.3 is 20.1 Å². The molecule has 9 nitrogen and oxygen atoms in total. The Balaban J connectivity index is 1.75. The first kappa shape index (κ1) is 23.3. The SMILES string of the molecule is COC(=O)[C@H](C[C@@H]1CCCNC1=O)NC(=O)[C@@H]1[C@@H]2[C@H](CN1C(=O)OC(C)(C)C)C2(C)C. The van der Waals surface area contributed by atoms with Crippen molar-refractivity contribution in [2.75, 3.05) is 20.2 Å². The number of esters is 1. The maximum atomic E-state index is 13.3. The molecule has 1 saturated carbocycles. The van der Waals surface area contributed by atoms with Gasteiger partial charge in [-0.2, -0.15) is 0 Å². The van der Waals surface area contributed by atoms with Gasteiger partial charge in [0.2, 0.25) is 11.8 Å². The second-order valence-corrected chi connectivity index (χ2v) is 10.5. The van der Waals surface area contributed by atoms with Crippen LogP contribution in [-0.2, 0) is 23.9 Å². The van der Waals surface area contributed by atoms with E-state index in [4.69, 9.17) is 9.47 Å². The molecule has 0 spiro atoms. The predicted octanol–water partition coefficient (Wildman–Crippen LogP) is 1.45. The minimum Gasteiger partial charge on any atom is -0.467 e. The van der Waals surface area contributed by atoms with Crippen molar-refractivity contribution in [1.82, 2.24) is 15.5 Å². The number of piperidine rings is 2. The van der Waals surface area contributed by atoms with Crippen molar-refractivity contribution in [3.63, 3.8) is 0 Å². The van der Waals surface area contributed by atoms with Gasteiger partial charge in [0.05, 0.1) is 7.11 Å². The van der Waals surface area contributed by atoms with E-state index in [1.807, 2.05) is 0 Å². The van der Waals surface area contributed by atoms with Crippen molar-refractivity contribution in [1.29, 1.82) is 0 Å². The Bertz CT molecular complexity index is 759. The van der Waals surface area contributed by atoms with Crippen LogP contribution in [-0.4, -0.2) is 66.7 Å². The number of amides is 3. The Hall–Kier alpha value is -2.32. The third kappa shape index (κ3) is 4.80. The number of rotatable bonds is 5. The third-order valence-corrected chi connectivity index (χ3v) is 6.83.